The summed E-state index contributed by atoms with van der Waals surface area (Å²) in [6.07, 6.45) is 4.53. The van der Waals surface area contributed by atoms with Gasteiger partial charge < -0.3 is 15.4 Å². The minimum atomic E-state index is -0.427. The van der Waals surface area contributed by atoms with Crippen LogP contribution in [0.5, 0.6) is 0 Å². The molecule has 4 rings (SSSR count). The predicted molar refractivity (Wildman–Crippen MR) is 107 cm³/mol. The smallest absolute Gasteiger partial charge is 0.339 e. The zero-order valence-corrected chi connectivity index (χ0v) is 16.5. The first-order valence-corrected chi connectivity index (χ1v) is 10.4. The molecule has 2 N–H and O–H groups in total. The van der Waals surface area contributed by atoms with E-state index in [0.717, 1.165) is 48.1 Å². The van der Waals surface area contributed by atoms with E-state index < -0.39 is 5.97 Å². The number of carbonyl (C=O) groups excluding carboxylic acids is 3. The summed E-state index contributed by atoms with van der Waals surface area (Å²) in [6, 6.07) is 5.39. The van der Waals surface area contributed by atoms with Crippen LogP contribution in [0.25, 0.3) is 0 Å². The highest BCUT2D eigenvalue weighted by molar-refractivity contribution is 7.10. The zero-order chi connectivity index (χ0) is 19.7. The number of amides is 2. The van der Waals surface area contributed by atoms with E-state index in [0.29, 0.717) is 12.0 Å². The van der Waals surface area contributed by atoms with Gasteiger partial charge in [-0.2, -0.15) is 0 Å². The third kappa shape index (κ3) is 3.80. The van der Waals surface area contributed by atoms with Gasteiger partial charge >= 0.3 is 5.97 Å². The Kier molecular flexibility index (Phi) is 5.17. The molecule has 1 aliphatic carbocycles. The predicted octanol–water partition coefficient (Wildman–Crippen LogP) is 3.16. The van der Waals surface area contributed by atoms with Crippen molar-refractivity contribution in [3.05, 3.63) is 50.7 Å². The number of carbonyl (C=O) groups is 3. The van der Waals surface area contributed by atoms with Gasteiger partial charge in [0.05, 0.1) is 18.0 Å². The average molecular weight is 398 g/mol. The highest BCUT2D eigenvalue weighted by atomic mass is 32.1. The minimum Gasteiger partial charge on any atom is -0.452 e. The van der Waals surface area contributed by atoms with Crippen molar-refractivity contribution in [3.63, 3.8) is 0 Å². The molecule has 0 bridgehead atoms. The Morgan fingerprint density at radius 3 is 2.96 bits per heavy atom. The van der Waals surface area contributed by atoms with E-state index in [-0.39, 0.29) is 24.5 Å². The lowest BCUT2D eigenvalue weighted by atomic mass is 9.96. The van der Waals surface area contributed by atoms with Gasteiger partial charge in [0.2, 0.25) is 5.91 Å². The standard InChI is InChI=1S/C21H22N2O4S/c1-12(13-6-7-17-14(8-13)9-19(24)23-17)22-20(25)10-27-21(26)16-11-28-18-5-3-2-4-15(16)18/h6-8,11-12H,2-5,9-10H2,1H3,(H,22,25)(H,23,24). The van der Waals surface area contributed by atoms with Crippen LogP contribution in [-0.2, 0) is 33.6 Å². The maximum absolute atomic E-state index is 12.4. The SMILES string of the molecule is CC(NC(=O)COC(=O)c1csc2c1CCCC2)c1ccc2c(c1)CC(=O)N2. The molecular formula is C21H22N2O4S. The van der Waals surface area contributed by atoms with Crippen molar-refractivity contribution in [2.45, 2.75) is 45.1 Å². The fourth-order valence-electron chi connectivity index (χ4n) is 3.76. The number of fused-ring (bicyclic) bond motifs is 2. The van der Waals surface area contributed by atoms with Crippen LogP contribution in [0.15, 0.2) is 23.6 Å². The Hall–Kier alpha value is -2.67. The van der Waals surface area contributed by atoms with Crippen molar-refractivity contribution < 1.29 is 19.1 Å². The first-order valence-electron chi connectivity index (χ1n) is 9.49. The number of benzene rings is 1. The monoisotopic (exact) mass is 398 g/mol. The van der Waals surface area contributed by atoms with Crippen LogP contribution in [0, 0.1) is 0 Å². The fraction of sp³-hybridized carbons (Fsp3) is 0.381. The Labute approximate surface area is 167 Å². The Bertz CT molecular complexity index is 950. The van der Waals surface area contributed by atoms with Gasteiger partial charge in [-0.3, -0.25) is 9.59 Å². The van der Waals surface area contributed by atoms with Gasteiger partial charge in [0.25, 0.3) is 5.91 Å². The molecule has 1 aromatic carbocycles. The maximum atomic E-state index is 12.4. The molecule has 1 aromatic heterocycles. The molecule has 0 spiro atoms. The molecule has 2 aromatic rings. The van der Waals surface area contributed by atoms with Crippen LogP contribution in [0.4, 0.5) is 5.69 Å². The average Bonchev–Trinajstić information content (AvgIpc) is 3.27. The van der Waals surface area contributed by atoms with E-state index in [4.69, 9.17) is 4.74 Å². The van der Waals surface area contributed by atoms with E-state index in [1.54, 1.807) is 11.3 Å². The molecule has 2 aliphatic rings. The summed E-state index contributed by atoms with van der Waals surface area (Å²) in [5.41, 5.74) is 4.35. The molecule has 0 radical (unpaired) electrons. The number of rotatable bonds is 5. The topological polar surface area (TPSA) is 84.5 Å². The summed E-state index contributed by atoms with van der Waals surface area (Å²) in [4.78, 5) is 37.3. The third-order valence-electron chi connectivity index (χ3n) is 5.25. The number of hydrogen-bond donors (Lipinski definition) is 2. The van der Waals surface area contributed by atoms with E-state index >= 15 is 0 Å². The van der Waals surface area contributed by atoms with Crippen LogP contribution in [0.3, 0.4) is 0 Å². The zero-order valence-electron chi connectivity index (χ0n) is 15.7. The second-order valence-electron chi connectivity index (χ2n) is 7.27. The van der Waals surface area contributed by atoms with Gasteiger partial charge in [-0.25, -0.2) is 4.79 Å². The summed E-state index contributed by atoms with van der Waals surface area (Å²) in [5, 5.41) is 7.48. The lowest BCUT2D eigenvalue weighted by Crippen LogP contribution is -2.31. The van der Waals surface area contributed by atoms with Gasteiger partial charge in [-0.05, 0) is 55.4 Å². The van der Waals surface area contributed by atoms with Crippen LogP contribution >= 0.6 is 11.3 Å². The van der Waals surface area contributed by atoms with E-state index in [2.05, 4.69) is 10.6 Å². The van der Waals surface area contributed by atoms with Crippen LogP contribution in [-0.4, -0.2) is 24.4 Å². The van der Waals surface area contributed by atoms with Crippen molar-refractivity contribution >= 4 is 34.8 Å². The van der Waals surface area contributed by atoms with Crippen molar-refractivity contribution in [2.75, 3.05) is 11.9 Å². The molecular weight excluding hydrogens is 376 g/mol. The molecule has 6 nitrogen and oxygen atoms in total. The van der Waals surface area contributed by atoms with Crippen molar-refractivity contribution in [1.29, 1.82) is 0 Å². The molecule has 2 heterocycles. The highest BCUT2D eigenvalue weighted by Gasteiger charge is 2.22. The quantitative estimate of drug-likeness (QED) is 0.758. The number of esters is 1. The van der Waals surface area contributed by atoms with Gasteiger partial charge in [-0.15, -0.1) is 11.3 Å². The van der Waals surface area contributed by atoms with E-state index in [1.807, 2.05) is 30.5 Å². The van der Waals surface area contributed by atoms with Gasteiger partial charge in [0, 0.05) is 15.9 Å². The molecule has 7 heteroatoms. The van der Waals surface area contributed by atoms with Crippen LogP contribution in [0.1, 0.15) is 57.7 Å². The van der Waals surface area contributed by atoms with Crippen molar-refractivity contribution in [1.82, 2.24) is 5.32 Å². The number of thiophene rings is 1. The summed E-state index contributed by atoms with van der Waals surface area (Å²) in [7, 11) is 0. The summed E-state index contributed by atoms with van der Waals surface area (Å²) in [6.45, 7) is 1.56. The second kappa shape index (κ2) is 7.75. The molecule has 2 amide bonds. The van der Waals surface area contributed by atoms with Gasteiger partial charge in [0.1, 0.15) is 0 Å². The van der Waals surface area contributed by atoms with Gasteiger partial charge in [0.15, 0.2) is 6.61 Å². The minimum absolute atomic E-state index is 0.0219. The number of ether oxygens (including phenoxy) is 1. The Morgan fingerprint density at radius 2 is 2.11 bits per heavy atom. The number of anilines is 1. The number of hydrogen-bond acceptors (Lipinski definition) is 5. The van der Waals surface area contributed by atoms with Crippen LogP contribution < -0.4 is 10.6 Å². The first kappa shape index (κ1) is 18.7. The lowest BCUT2D eigenvalue weighted by Gasteiger charge is -2.16. The lowest BCUT2D eigenvalue weighted by molar-refractivity contribution is -0.124. The van der Waals surface area contributed by atoms with Crippen LogP contribution in [0.2, 0.25) is 0 Å². The molecule has 1 atom stereocenters. The summed E-state index contributed by atoms with van der Waals surface area (Å²) < 4.78 is 5.24. The van der Waals surface area contributed by atoms with Crippen molar-refractivity contribution in [3.8, 4) is 0 Å². The second-order valence-corrected chi connectivity index (χ2v) is 8.23. The Morgan fingerprint density at radius 1 is 1.29 bits per heavy atom. The first-order chi connectivity index (χ1) is 13.5. The molecule has 1 unspecified atom stereocenters. The van der Waals surface area contributed by atoms with E-state index in [1.165, 1.54) is 4.88 Å². The van der Waals surface area contributed by atoms with Gasteiger partial charge in [-0.1, -0.05) is 12.1 Å². The normalized spacial score (nSPS) is 16.0. The Balaban J connectivity index is 1.32. The molecule has 28 heavy (non-hydrogen) atoms. The summed E-state index contributed by atoms with van der Waals surface area (Å²) >= 11 is 1.60. The third-order valence-corrected chi connectivity index (χ3v) is 6.34. The molecule has 146 valence electrons. The molecule has 0 fully saturated rings. The largest absolute Gasteiger partial charge is 0.452 e. The van der Waals surface area contributed by atoms with E-state index in [9.17, 15) is 14.4 Å². The molecule has 0 saturated carbocycles. The number of aryl methyl sites for hydroxylation is 1. The highest BCUT2D eigenvalue weighted by Crippen LogP contribution is 2.30. The fourth-order valence-corrected chi connectivity index (χ4v) is 4.87. The number of nitrogens with one attached hydrogen (secondary N) is 2. The van der Waals surface area contributed by atoms with Crippen molar-refractivity contribution in [2.24, 2.45) is 0 Å². The molecule has 1 aliphatic heterocycles. The summed E-state index contributed by atoms with van der Waals surface area (Å²) in [5.74, 6) is -0.796. The molecule has 0 saturated heterocycles. The maximum Gasteiger partial charge on any atom is 0.339 e.